The van der Waals surface area contributed by atoms with Crippen molar-refractivity contribution < 1.29 is 5.11 Å². The molecule has 4 rings (SSSR count). The van der Waals surface area contributed by atoms with Gasteiger partial charge < -0.3 is 5.11 Å². The van der Waals surface area contributed by atoms with E-state index < -0.39 is 0 Å². The van der Waals surface area contributed by atoms with Crippen molar-refractivity contribution in [3.8, 4) is 0 Å². The van der Waals surface area contributed by atoms with E-state index in [-0.39, 0.29) is 6.61 Å². The summed E-state index contributed by atoms with van der Waals surface area (Å²) in [7, 11) is 0. The fraction of sp³-hybridized carbons (Fsp3) is 0.333. The van der Waals surface area contributed by atoms with Crippen molar-refractivity contribution in [2.75, 3.05) is 45.9 Å². The van der Waals surface area contributed by atoms with Gasteiger partial charge in [-0.2, -0.15) is 0 Å². The standard InChI is InChI=1S/C21H23ClN2OS/c22-16-5-6-21-19(15-16)17(18-3-1-2-4-20(18)26-21)7-8-23-9-11-24(12-10-23)13-14-25/h1-7,15,25H,8-14H2/b17-7-. The van der Waals surface area contributed by atoms with Gasteiger partial charge in [0.05, 0.1) is 6.61 Å². The van der Waals surface area contributed by atoms with E-state index in [0.29, 0.717) is 0 Å². The molecule has 0 spiro atoms. The highest BCUT2D eigenvalue weighted by atomic mass is 35.5. The van der Waals surface area contributed by atoms with Gasteiger partial charge in [-0.3, -0.25) is 9.80 Å². The third-order valence-corrected chi connectivity index (χ3v) is 6.45. The molecule has 5 heteroatoms. The van der Waals surface area contributed by atoms with Crippen LogP contribution < -0.4 is 0 Å². The summed E-state index contributed by atoms with van der Waals surface area (Å²) >= 11 is 8.11. The van der Waals surface area contributed by atoms with Crippen LogP contribution in [0.3, 0.4) is 0 Å². The Balaban J connectivity index is 1.58. The molecule has 2 aliphatic rings. The maximum atomic E-state index is 9.09. The molecule has 0 radical (unpaired) electrons. The molecular weight excluding hydrogens is 364 g/mol. The number of benzene rings is 2. The van der Waals surface area contributed by atoms with Gasteiger partial charge in [0.25, 0.3) is 0 Å². The van der Waals surface area contributed by atoms with Gasteiger partial charge in [0.2, 0.25) is 0 Å². The lowest BCUT2D eigenvalue weighted by Gasteiger charge is -2.34. The topological polar surface area (TPSA) is 26.7 Å². The molecule has 136 valence electrons. The lowest BCUT2D eigenvalue weighted by molar-refractivity contribution is 0.120. The van der Waals surface area contributed by atoms with Crippen LogP contribution in [0.2, 0.25) is 5.02 Å². The average molecular weight is 387 g/mol. The smallest absolute Gasteiger partial charge is 0.0558 e. The second-order valence-electron chi connectivity index (χ2n) is 6.72. The largest absolute Gasteiger partial charge is 0.395 e. The highest BCUT2D eigenvalue weighted by Crippen LogP contribution is 2.45. The first-order chi connectivity index (χ1) is 12.7. The molecule has 2 heterocycles. The fourth-order valence-corrected chi connectivity index (χ4v) is 4.88. The molecule has 1 N–H and O–H groups in total. The summed E-state index contributed by atoms with van der Waals surface area (Å²) < 4.78 is 0. The SMILES string of the molecule is OCCN1CCN(C/C=C2/c3ccccc3Sc3ccc(Cl)cc32)CC1. The van der Waals surface area contributed by atoms with Gasteiger partial charge in [-0.15, -0.1) is 0 Å². The van der Waals surface area contributed by atoms with Crippen LogP contribution in [-0.4, -0.2) is 60.8 Å². The molecule has 0 aliphatic carbocycles. The minimum absolute atomic E-state index is 0.246. The molecule has 0 bridgehead atoms. The number of aliphatic hydroxyl groups is 1. The molecule has 0 unspecified atom stereocenters. The molecule has 1 saturated heterocycles. The summed E-state index contributed by atoms with van der Waals surface area (Å²) in [4.78, 5) is 7.38. The Morgan fingerprint density at radius 3 is 2.50 bits per heavy atom. The van der Waals surface area contributed by atoms with Crippen LogP contribution >= 0.6 is 23.4 Å². The van der Waals surface area contributed by atoms with Crippen molar-refractivity contribution in [1.82, 2.24) is 9.80 Å². The molecule has 26 heavy (non-hydrogen) atoms. The van der Waals surface area contributed by atoms with Crippen molar-refractivity contribution in [2.24, 2.45) is 0 Å². The molecule has 0 saturated carbocycles. The van der Waals surface area contributed by atoms with Crippen molar-refractivity contribution in [3.05, 3.63) is 64.7 Å². The third kappa shape index (κ3) is 3.85. The number of halogens is 1. The number of fused-ring (bicyclic) bond motifs is 2. The molecule has 0 amide bonds. The Kier molecular flexibility index (Phi) is 5.67. The second-order valence-corrected chi connectivity index (χ2v) is 8.24. The molecule has 3 nitrogen and oxygen atoms in total. The van der Waals surface area contributed by atoms with Gasteiger partial charge >= 0.3 is 0 Å². The summed E-state index contributed by atoms with van der Waals surface area (Å²) in [5.41, 5.74) is 3.82. The summed E-state index contributed by atoms with van der Waals surface area (Å²) in [6.45, 7) is 6.11. The summed E-state index contributed by atoms with van der Waals surface area (Å²) in [5, 5.41) is 9.87. The van der Waals surface area contributed by atoms with Crippen LogP contribution in [0.1, 0.15) is 11.1 Å². The number of piperazine rings is 1. The van der Waals surface area contributed by atoms with Gasteiger partial charge in [-0.1, -0.05) is 47.6 Å². The minimum atomic E-state index is 0.246. The van der Waals surface area contributed by atoms with Crippen molar-refractivity contribution in [3.63, 3.8) is 0 Å². The van der Waals surface area contributed by atoms with E-state index in [4.69, 9.17) is 16.7 Å². The number of hydrogen-bond acceptors (Lipinski definition) is 4. The van der Waals surface area contributed by atoms with Crippen molar-refractivity contribution >= 4 is 28.9 Å². The highest BCUT2D eigenvalue weighted by Gasteiger charge is 2.21. The van der Waals surface area contributed by atoms with E-state index in [1.807, 2.05) is 17.8 Å². The maximum absolute atomic E-state index is 9.09. The molecule has 2 aromatic carbocycles. The molecule has 1 fully saturated rings. The predicted molar refractivity (Wildman–Crippen MR) is 109 cm³/mol. The van der Waals surface area contributed by atoms with Crippen molar-refractivity contribution in [1.29, 1.82) is 0 Å². The third-order valence-electron chi connectivity index (χ3n) is 5.06. The number of rotatable bonds is 4. The van der Waals surface area contributed by atoms with Crippen LogP contribution in [-0.2, 0) is 0 Å². The monoisotopic (exact) mass is 386 g/mol. The van der Waals surface area contributed by atoms with E-state index in [9.17, 15) is 0 Å². The zero-order chi connectivity index (χ0) is 17.9. The Labute approximate surface area is 164 Å². The first kappa shape index (κ1) is 18.1. The van der Waals surface area contributed by atoms with Crippen molar-refractivity contribution in [2.45, 2.75) is 9.79 Å². The number of nitrogens with zero attached hydrogens (tertiary/aromatic N) is 2. The molecule has 0 atom stereocenters. The Bertz CT molecular complexity index is 815. The minimum Gasteiger partial charge on any atom is -0.395 e. The Hall–Kier alpha value is -1.30. The first-order valence-corrected chi connectivity index (χ1v) is 10.3. The van der Waals surface area contributed by atoms with Gasteiger partial charge in [0.15, 0.2) is 0 Å². The van der Waals surface area contributed by atoms with E-state index in [1.165, 1.54) is 26.5 Å². The van der Waals surface area contributed by atoms with Crippen LogP contribution in [0.25, 0.3) is 5.57 Å². The maximum Gasteiger partial charge on any atom is 0.0558 e. The number of β-amino-alcohol motifs (C(OH)–C–C–N with tert-alkyl or cyclic N) is 1. The number of hydrogen-bond donors (Lipinski definition) is 1. The van der Waals surface area contributed by atoms with Gasteiger partial charge in [0, 0.05) is 54.1 Å². The summed E-state index contributed by atoms with van der Waals surface area (Å²) in [6, 6.07) is 14.8. The van der Waals surface area contributed by atoms with Crippen LogP contribution in [0.4, 0.5) is 0 Å². The van der Waals surface area contributed by atoms with Crippen LogP contribution in [0.15, 0.2) is 58.3 Å². The Morgan fingerprint density at radius 2 is 1.69 bits per heavy atom. The second kappa shape index (κ2) is 8.15. The van der Waals surface area contributed by atoms with Crippen LogP contribution in [0.5, 0.6) is 0 Å². The summed E-state index contributed by atoms with van der Waals surface area (Å²) in [5.74, 6) is 0. The number of aliphatic hydroxyl groups excluding tert-OH is 1. The quantitative estimate of drug-likeness (QED) is 0.736. The molecule has 2 aromatic rings. The Morgan fingerprint density at radius 1 is 0.962 bits per heavy atom. The average Bonchev–Trinajstić information content (AvgIpc) is 2.67. The van der Waals surface area contributed by atoms with E-state index in [1.54, 1.807) is 0 Å². The zero-order valence-electron chi connectivity index (χ0n) is 14.7. The first-order valence-electron chi connectivity index (χ1n) is 9.07. The van der Waals surface area contributed by atoms with Gasteiger partial charge in [-0.05, 0) is 41.0 Å². The van der Waals surface area contributed by atoms with E-state index in [0.717, 1.165) is 44.3 Å². The highest BCUT2D eigenvalue weighted by molar-refractivity contribution is 7.99. The molecule has 0 aromatic heterocycles. The fourth-order valence-electron chi connectivity index (χ4n) is 3.62. The predicted octanol–water partition coefficient (Wildman–Crippen LogP) is 3.85. The van der Waals surface area contributed by atoms with Gasteiger partial charge in [-0.25, -0.2) is 0 Å². The van der Waals surface area contributed by atoms with Gasteiger partial charge in [0.1, 0.15) is 0 Å². The molecule has 2 aliphatic heterocycles. The summed E-state index contributed by atoms with van der Waals surface area (Å²) in [6.07, 6.45) is 2.36. The molecular formula is C21H23ClN2OS. The van der Waals surface area contributed by atoms with E-state index in [2.05, 4.69) is 52.3 Å². The lowest BCUT2D eigenvalue weighted by Crippen LogP contribution is -2.47. The van der Waals surface area contributed by atoms with E-state index >= 15 is 0 Å². The van der Waals surface area contributed by atoms with Crippen LogP contribution in [0, 0.1) is 0 Å². The zero-order valence-corrected chi connectivity index (χ0v) is 16.3. The lowest BCUT2D eigenvalue weighted by atomic mass is 9.96. The normalized spacial score (nSPS) is 19.4.